The number of benzene rings is 1. The summed E-state index contributed by atoms with van der Waals surface area (Å²) in [4.78, 5) is 35.4. The maximum Gasteiger partial charge on any atom is 0.306 e. The van der Waals surface area contributed by atoms with Crippen molar-refractivity contribution in [3.8, 4) is 0 Å². The van der Waals surface area contributed by atoms with E-state index in [1.165, 1.54) is 0 Å². The number of hydrogen-bond acceptors (Lipinski definition) is 3. The van der Waals surface area contributed by atoms with Crippen molar-refractivity contribution in [1.29, 1.82) is 0 Å². The van der Waals surface area contributed by atoms with Gasteiger partial charge in [-0.25, -0.2) is 0 Å². The Kier molecular flexibility index (Phi) is 5.82. The molecular weight excluding hydrogens is 320 g/mol. The molecule has 0 unspecified atom stereocenters. The molecule has 1 fully saturated rings. The van der Waals surface area contributed by atoms with E-state index in [9.17, 15) is 14.4 Å². The quantitative estimate of drug-likeness (QED) is 0.738. The predicted molar refractivity (Wildman–Crippen MR) is 95.4 cm³/mol. The molecule has 25 heavy (non-hydrogen) atoms. The Bertz CT molecular complexity index is 652. The molecule has 3 N–H and O–H groups in total. The zero-order valence-corrected chi connectivity index (χ0v) is 15.0. The van der Waals surface area contributed by atoms with Crippen LogP contribution in [0.5, 0.6) is 0 Å². The maximum absolute atomic E-state index is 12.2. The summed E-state index contributed by atoms with van der Waals surface area (Å²) in [5.41, 5.74) is 0.869. The maximum atomic E-state index is 12.2. The fourth-order valence-corrected chi connectivity index (χ4v) is 2.86. The average Bonchev–Trinajstić information content (AvgIpc) is 3.05. The third kappa shape index (κ3) is 5.05. The zero-order valence-electron chi connectivity index (χ0n) is 15.0. The van der Waals surface area contributed by atoms with E-state index < -0.39 is 11.9 Å². The average molecular weight is 346 g/mol. The number of rotatable bonds is 6. The number of carboxylic acid groups (broad SMARTS) is 1. The van der Waals surface area contributed by atoms with Gasteiger partial charge < -0.3 is 15.7 Å². The van der Waals surface area contributed by atoms with Crippen LogP contribution in [-0.2, 0) is 9.59 Å². The summed E-state index contributed by atoms with van der Waals surface area (Å²) in [5, 5.41) is 14.8. The van der Waals surface area contributed by atoms with Crippen molar-refractivity contribution in [3.05, 3.63) is 29.8 Å². The smallest absolute Gasteiger partial charge is 0.306 e. The first-order chi connectivity index (χ1) is 11.7. The number of hydrogen-bond donors (Lipinski definition) is 3. The van der Waals surface area contributed by atoms with Crippen LogP contribution in [0.1, 0.15) is 56.8 Å². The summed E-state index contributed by atoms with van der Waals surface area (Å²) in [5.74, 6) is -1.84. The Hall–Kier alpha value is -2.37. The van der Waals surface area contributed by atoms with Crippen LogP contribution in [0.4, 0.5) is 5.69 Å². The number of carbonyl (C=O) groups excluding carboxylic acids is 2. The number of carboxylic acids is 1. The molecule has 0 heterocycles. The largest absolute Gasteiger partial charge is 0.481 e. The van der Waals surface area contributed by atoms with E-state index in [4.69, 9.17) is 5.11 Å². The number of nitrogens with one attached hydrogen (secondary N) is 2. The Morgan fingerprint density at radius 3 is 2.24 bits per heavy atom. The first-order valence-electron chi connectivity index (χ1n) is 8.68. The second-order valence-corrected chi connectivity index (χ2v) is 7.30. The van der Waals surface area contributed by atoms with E-state index in [1.54, 1.807) is 24.3 Å². The van der Waals surface area contributed by atoms with E-state index in [-0.39, 0.29) is 23.3 Å². The van der Waals surface area contributed by atoms with E-state index >= 15 is 0 Å². The van der Waals surface area contributed by atoms with Gasteiger partial charge in [-0.3, -0.25) is 14.4 Å². The van der Waals surface area contributed by atoms with Crippen LogP contribution in [0.25, 0.3) is 0 Å². The second-order valence-electron chi connectivity index (χ2n) is 7.30. The minimum atomic E-state index is -0.833. The molecule has 6 nitrogen and oxygen atoms in total. The van der Waals surface area contributed by atoms with Gasteiger partial charge in [0.05, 0.1) is 5.92 Å². The molecular formula is C19H26N2O4. The van der Waals surface area contributed by atoms with Crippen LogP contribution < -0.4 is 10.6 Å². The van der Waals surface area contributed by atoms with E-state index in [2.05, 4.69) is 10.6 Å². The molecule has 1 aliphatic carbocycles. The normalized spacial score (nSPS) is 20.1. The molecule has 6 heteroatoms. The Labute approximate surface area is 148 Å². The summed E-state index contributed by atoms with van der Waals surface area (Å²) in [6.07, 6.45) is 2.34. The first-order valence-corrected chi connectivity index (χ1v) is 8.68. The summed E-state index contributed by atoms with van der Waals surface area (Å²) in [7, 11) is 0. The molecule has 2 amide bonds. The molecule has 1 aliphatic rings. The van der Waals surface area contributed by atoms with Gasteiger partial charge in [0, 0.05) is 22.7 Å². The van der Waals surface area contributed by atoms with Gasteiger partial charge in [0.25, 0.3) is 5.91 Å². The lowest BCUT2D eigenvalue weighted by molar-refractivity contribution is -0.141. The van der Waals surface area contributed by atoms with Crippen LogP contribution in [-0.4, -0.2) is 28.4 Å². The van der Waals surface area contributed by atoms with Crippen molar-refractivity contribution in [1.82, 2.24) is 5.32 Å². The standard InChI is InChI=1S/C19H26N2O4/c1-4-19(2,3)21-17(23)12-7-9-15(10-8-12)20-16(22)13-5-6-14(11-13)18(24)25/h7-10,13-14H,4-6,11H2,1-3H3,(H,20,22)(H,21,23)(H,24,25)/t13-,14+/m1/s1. The zero-order chi connectivity index (χ0) is 18.6. The molecule has 1 saturated carbocycles. The molecule has 0 spiro atoms. The molecule has 0 saturated heterocycles. The molecule has 0 radical (unpaired) electrons. The van der Waals surface area contributed by atoms with Crippen molar-refractivity contribution < 1.29 is 19.5 Å². The molecule has 0 bridgehead atoms. The summed E-state index contributed by atoms with van der Waals surface area (Å²) < 4.78 is 0. The summed E-state index contributed by atoms with van der Waals surface area (Å²) >= 11 is 0. The predicted octanol–water partition coefficient (Wildman–Crippen LogP) is 3.04. The highest BCUT2D eigenvalue weighted by atomic mass is 16.4. The number of aliphatic carboxylic acids is 1. The van der Waals surface area contributed by atoms with Gasteiger partial charge in [0.2, 0.25) is 5.91 Å². The number of anilines is 1. The highest BCUT2D eigenvalue weighted by Gasteiger charge is 2.33. The molecule has 0 aromatic heterocycles. The summed E-state index contributed by atoms with van der Waals surface area (Å²) in [6.45, 7) is 5.94. The van der Waals surface area contributed by atoms with Crippen LogP contribution in [0.2, 0.25) is 0 Å². The van der Waals surface area contributed by atoms with Crippen molar-refractivity contribution in [3.63, 3.8) is 0 Å². The van der Waals surface area contributed by atoms with Gasteiger partial charge in [0.15, 0.2) is 0 Å². The highest BCUT2D eigenvalue weighted by molar-refractivity contribution is 5.96. The summed E-state index contributed by atoms with van der Waals surface area (Å²) in [6, 6.07) is 6.72. The Morgan fingerprint density at radius 2 is 1.72 bits per heavy atom. The first kappa shape index (κ1) is 19.0. The Balaban J connectivity index is 1.93. The van der Waals surface area contributed by atoms with Crippen molar-refractivity contribution in [2.75, 3.05) is 5.32 Å². The monoisotopic (exact) mass is 346 g/mol. The van der Waals surface area contributed by atoms with Gasteiger partial charge in [-0.05, 0) is 63.8 Å². The fraction of sp³-hybridized carbons (Fsp3) is 0.526. The Morgan fingerprint density at radius 1 is 1.12 bits per heavy atom. The van der Waals surface area contributed by atoms with Crippen molar-refractivity contribution in [2.45, 2.75) is 52.0 Å². The van der Waals surface area contributed by atoms with E-state index in [1.807, 2.05) is 20.8 Å². The van der Waals surface area contributed by atoms with Gasteiger partial charge in [-0.2, -0.15) is 0 Å². The lowest BCUT2D eigenvalue weighted by atomic mass is 10.0. The van der Waals surface area contributed by atoms with Crippen LogP contribution in [0, 0.1) is 11.8 Å². The second kappa shape index (κ2) is 7.68. The lowest BCUT2D eigenvalue weighted by Gasteiger charge is -2.24. The van der Waals surface area contributed by atoms with Crippen molar-refractivity contribution in [2.24, 2.45) is 11.8 Å². The molecule has 2 atom stereocenters. The molecule has 0 aliphatic heterocycles. The lowest BCUT2D eigenvalue weighted by Crippen LogP contribution is -2.42. The molecule has 136 valence electrons. The molecule has 1 aromatic carbocycles. The topological polar surface area (TPSA) is 95.5 Å². The third-order valence-corrected chi connectivity index (χ3v) is 4.90. The minimum absolute atomic E-state index is 0.148. The van der Waals surface area contributed by atoms with E-state index in [0.717, 1.165) is 6.42 Å². The number of carbonyl (C=O) groups is 3. The SMILES string of the molecule is CCC(C)(C)NC(=O)c1ccc(NC(=O)[C@@H]2CC[C@H](C(=O)O)C2)cc1. The van der Waals surface area contributed by atoms with E-state index in [0.29, 0.717) is 30.5 Å². The highest BCUT2D eigenvalue weighted by Crippen LogP contribution is 2.31. The fourth-order valence-electron chi connectivity index (χ4n) is 2.86. The van der Waals surface area contributed by atoms with Gasteiger partial charge in [-0.1, -0.05) is 6.92 Å². The van der Waals surface area contributed by atoms with Gasteiger partial charge in [-0.15, -0.1) is 0 Å². The third-order valence-electron chi connectivity index (χ3n) is 4.90. The minimum Gasteiger partial charge on any atom is -0.481 e. The van der Waals surface area contributed by atoms with Crippen LogP contribution in [0.15, 0.2) is 24.3 Å². The number of amides is 2. The van der Waals surface area contributed by atoms with Crippen molar-refractivity contribution >= 4 is 23.5 Å². The van der Waals surface area contributed by atoms with Crippen LogP contribution >= 0.6 is 0 Å². The molecule has 2 rings (SSSR count). The molecule has 1 aromatic rings. The van der Waals surface area contributed by atoms with Gasteiger partial charge in [0.1, 0.15) is 0 Å². The van der Waals surface area contributed by atoms with Crippen LogP contribution in [0.3, 0.4) is 0 Å². The van der Waals surface area contributed by atoms with Gasteiger partial charge >= 0.3 is 5.97 Å².